The summed E-state index contributed by atoms with van der Waals surface area (Å²) in [5, 5.41) is 5.04. The van der Waals surface area contributed by atoms with Crippen LogP contribution in [0.5, 0.6) is 0 Å². The number of sulfonamides is 1. The van der Waals surface area contributed by atoms with Crippen LogP contribution in [0.4, 0.5) is 8.78 Å². The maximum atomic E-state index is 13.8. The Balaban J connectivity index is 2.19. The Hall–Kier alpha value is -3.11. The molecule has 2 heterocycles. The third-order valence-electron chi connectivity index (χ3n) is 4.47. The highest BCUT2D eigenvalue weighted by molar-refractivity contribution is 7.89. The maximum Gasteiger partial charge on any atom is 0.283 e. The van der Waals surface area contributed by atoms with Crippen LogP contribution >= 0.6 is 0 Å². The van der Waals surface area contributed by atoms with Crippen molar-refractivity contribution in [1.29, 1.82) is 0 Å². The third kappa shape index (κ3) is 2.69. The predicted octanol–water partition coefficient (Wildman–Crippen LogP) is 2.06. The number of benzene rings is 2. The van der Waals surface area contributed by atoms with Gasteiger partial charge in [0.05, 0.1) is 16.1 Å². The van der Waals surface area contributed by atoms with E-state index in [2.05, 4.69) is 9.82 Å². The van der Waals surface area contributed by atoms with E-state index >= 15 is 0 Å². The highest BCUT2D eigenvalue weighted by Crippen LogP contribution is 2.27. The number of hydrogen-bond donors (Lipinski definition) is 1. The van der Waals surface area contributed by atoms with Crippen molar-refractivity contribution in [2.75, 3.05) is 7.05 Å². The van der Waals surface area contributed by atoms with Crippen LogP contribution in [0.1, 0.15) is 0 Å². The van der Waals surface area contributed by atoms with Crippen molar-refractivity contribution in [3.8, 4) is 5.69 Å². The second kappa shape index (κ2) is 6.21. The molecule has 2 aromatic heterocycles. The third-order valence-corrected chi connectivity index (χ3v) is 5.89. The second-order valence-electron chi connectivity index (χ2n) is 6.19. The molecule has 0 unspecified atom stereocenters. The minimum absolute atomic E-state index is 0.00291. The normalized spacial score (nSPS) is 12.1. The molecule has 0 atom stereocenters. The molecule has 0 radical (unpaired) electrons. The lowest BCUT2D eigenvalue weighted by molar-refractivity contribution is 0.508. The van der Waals surface area contributed by atoms with Gasteiger partial charge in [0.1, 0.15) is 0 Å². The van der Waals surface area contributed by atoms with Crippen LogP contribution in [-0.4, -0.2) is 29.8 Å². The minimum atomic E-state index is -3.73. The molecule has 0 saturated carbocycles. The zero-order valence-corrected chi connectivity index (χ0v) is 15.6. The number of nitrogens with zero attached hydrogens (tertiary/aromatic N) is 3. The molecule has 0 fully saturated rings. The Labute approximate surface area is 157 Å². The average molecular weight is 404 g/mol. The van der Waals surface area contributed by atoms with Gasteiger partial charge in [0.2, 0.25) is 10.0 Å². The van der Waals surface area contributed by atoms with E-state index in [4.69, 9.17) is 0 Å². The fraction of sp³-hybridized carbons (Fsp3) is 0.111. The van der Waals surface area contributed by atoms with E-state index in [1.54, 1.807) is 13.2 Å². The average Bonchev–Trinajstić information content (AvgIpc) is 3.06. The summed E-state index contributed by atoms with van der Waals surface area (Å²) in [5.41, 5.74) is -0.00527. The lowest BCUT2D eigenvalue weighted by Gasteiger charge is -2.13. The second-order valence-corrected chi connectivity index (χ2v) is 8.08. The number of fused-ring (bicyclic) bond motifs is 3. The molecule has 144 valence electrons. The van der Waals surface area contributed by atoms with Crippen molar-refractivity contribution in [3.63, 3.8) is 0 Å². The molecule has 1 N–H and O–H groups in total. The first-order chi connectivity index (χ1) is 13.2. The topological polar surface area (TPSA) is 86.0 Å². The van der Waals surface area contributed by atoms with Crippen LogP contribution in [0, 0.1) is 11.6 Å². The monoisotopic (exact) mass is 404 g/mol. The van der Waals surface area contributed by atoms with Crippen molar-refractivity contribution in [3.05, 3.63) is 64.6 Å². The molecule has 0 aliphatic carbocycles. The van der Waals surface area contributed by atoms with Crippen molar-refractivity contribution in [2.45, 2.75) is 4.90 Å². The molecule has 0 aliphatic heterocycles. The van der Waals surface area contributed by atoms with E-state index in [0.29, 0.717) is 16.3 Å². The highest BCUT2D eigenvalue weighted by atomic mass is 32.2. The smallest absolute Gasteiger partial charge is 0.275 e. The van der Waals surface area contributed by atoms with Crippen molar-refractivity contribution < 1.29 is 17.2 Å². The van der Waals surface area contributed by atoms with Crippen LogP contribution in [0.2, 0.25) is 0 Å². The number of aromatic nitrogens is 3. The van der Waals surface area contributed by atoms with Gasteiger partial charge in [-0.1, -0.05) is 0 Å². The summed E-state index contributed by atoms with van der Waals surface area (Å²) in [6.45, 7) is 0. The molecule has 4 aromatic rings. The van der Waals surface area contributed by atoms with Crippen molar-refractivity contribution in [2.24, 2.45) is 7.05 Å². The standard InChI is InChI=1S/C18H14F2N4O3S/c1-21-28(26,27)11-4-6-16-12(8-11)13-9-23(2)22-17(13)18(25)24(16)10-3-5-14(19)15(20)7-10/h3-9,21H,1-2H3. The molecule has 10 heteroatoms. The molecule has 7 nitrogen and oxygen atoms in total. The summed E-state index contributed by atoms with van der Waals surface area (Å²) in [6.07, 6.45) is 1.60. The van der Waals surface area contributed by atoms with Gasteiger partial charge in [-0.15, -0.1) is 0 Å². The first-order valence-electron chi connectivity index (χ1n) is 8.14. The number of halogens is 2. The van der Waals surface area contributed by atoms with Crippen molar-refractivity contribution in [1.82, 2.24) is 19.1 Å². The maximum absolute atomic E-state index is 13.8. The van der Waals surface area contributed by atoms with Crippen molar-refractivity contribution >= 4 is 31.8 Å². The van der Waals surface area contributed by atoms with E-state index in [9.17, 15) is 22.0 Å². The van der Waals surface area contributed by atoms with Crippen LogP contribution < -0.4 is 10.3 Å². The number of pyridine rings is 1. The SMILES string of the molecule is CNS(=O)(=O)c1ccc2c(c1)c1cn(C)nc1c(=O)n2-c1ccc(F)c(F)c1. The Kier molecular flexibility index (Phi) is 4.05. The predicted molar refractivity (Wildman–Crippen MR) is 100.0 cm³/mol. The summed E-state index contributed by atoms with van der Waals surface area (Å²) < 4.78 is 56.4. The molecule has 28 heavy (non-hydrogen) atoms. The fourth-order valence-electron chi connectivity index (χ4n) is 3.15. The van der Waals surface area contributed by atoms with Gasteiger partial charge in [-0.05, 0) is 37.4 Å². The fourth-order valence-corrected chi connectivity index (χ4v) is 3.91. The minimum Gasteiger partial charge on any atom is -0.275 e. The van der Waals surface area contributed by atoms with Gasteiger partial charge in [0, 0.05) is 30.1 Å². The molecule has 2 aromatic carbocycles. The summed E-state index contributed by atoms with van der Waals surface area (Å²) >= 11 is 0. The number of nitrogens with one attached hydrogen (secondary N) is 1. The summed E-state index contributed by atoms with van der Waals surface area (Å²) in [4.78, 5) is 13.0. The Bertz CT molecular complexity index is 1420. The van der Waals surface area contributed by atoms with Gasteiger partial charge in [0.25, 0.3) is 5.56 Å². The van der Waals surface area contributed by atoms with E-state index in [0.717, 1.165) is 12.1 Å². The van der Waals surface area contributed by atoms with Gasteiger partial charge in [-0.25, -0.2) is 21.9 Å². The molecular weight excluding hydrogens is 390 g/mol. The van der Waals surface area contributed by atoms with E-state index in [1.165, 1.54) is 40.6 Å². The van der Waals surface area contributed by atoms with Gasteiger partial charge in [-0.2, -0.15) is 5.10 Å². The largest absolute Gasteiger partial charge is 0.283 e. The number of rotatable bonds is 3. The quantitative estimate of drug-likeness (QED) is 0.566. The van der Waals surface area contributed by atoms with Gasteiger partial charge >= 0.3 is 0 Å². The lowest BCUT2D eigenvalue weighted by Crippen LogP contribution is -2.21. The van der Waals surface area contributed by atoms with Gasteiger partial charge < -0.3 is 0 Å². The number of aryl methyl sites for hydroxylation is 1. The van der Waals surface area contributed by atoms with Crippen LogP contribution in [0.15, 0.2) is 52.3 Å². The molecule has 0 saturated heterocycles. The van der Waals surface area contributed by atoms with Gasteiger partial charge in [-0.3, -0.25) is 14.0 Å². The van der Waals surface area contributed by atoms with E-state index < -0.39 is 27.2 Å². The Morgan fingerprint density at radius 2 is 1.79 bits per heavy atom. The highest BCUT2D eigenvalue weighted by Gasteiger charge is 2.19. The first kappa shape index (κ1) is 18.3. The Morgan fingerprint density at radius 1 is 1.04 bits per heavy atom. The molecule has 0 spiro atoms. The lowest BCUT2D eigenvalue weighted by atomic mass is 10.1. The van der Waals surface area contributed by atoms with Crippen LogP contribution in [0.25, 0.3) is 27.5 Å². The molecule has 0 amide bonds. The Morgan fingerprint density at radius 3 is 2.46 bits per heavy atom. The summed E-state index contributed by atoms with van der Waals surface area (Å²) in [7, 11) is -0.806. The number of hydrogen-bond acceptors (Lipinski definition) is 4. The zero-order valence-electron chi connectivity index (χ0n) is 14.8. The summed E-state index contributed by atoms with van der Waals surface area (Å²) in [6, 6.07) is 7.31. The van der Waals surface area contributed by atoms with E-state index in [1.807, 2.05) is 0 Å². The van der Waals surface area contributed by atoms with Crippen LogP contribution in [-0.2, 0) is 17.1 Å². The molecule has 0 bridgehead atoms. The van der Waals surface area contributed by atoms with Crippen LogP contribution in [0.3, 0.4) is 0 Å². The summed E-state index contributed by atoms with van der Waals surface area (Å²) in [5.74, 6) is -2.14. The molecule has 0 aliphatic rings. The molecule has 4 rings (SSSR count). The first-order valence-corrected chi connectivity index (χ1v) is 9.62. The van der Waals surface area contributed by atoms with Gasteiger partial charge in [0.15, 0.2) is 17.2 Å². The van der Waals surface area contributed by atoms with E-state index in [-0.39, 0.29) is 16.1 Å². The molecular formula is C18H14F2N4O3S. The zero-order chi connectivity index (χ0) is 20.2.